The number of rotatable bonds is 6. The lowest BCUT2D eigenvalue weighted by atomic mass is 10.1. The number of benzene rings is 2. The van der Waals surface area contributed by atoms with Gasteiger partial charge in [-0.05, 0) is 77.0 Å². The molecule has 2 aromatic carbocycles. The van der Waals surface area contributed by atoms with E-state index in [2.05, 4.69) is 0 Å². The highest BCUT2D eigenvalue weighted by Crippen LogP contribution is 2.36. The van der Waals surface area contributed by atoms with Crippen molar-refractivity contribution in [1.29, 1.82) is 0 Å². The largest absolute Gasteiger partial charge is 0.504 e. The van der Waals surface area contributed by atoms with Gasteiger partial charge in [0, 0.05) is 6.54 Å². The Bertz CT molecular complexity index is 898. The van der Waals surface area contributed by atoms with Crippen molar-refractivity contribution in [3.63, 3.8) is 0 Å². The number of imide groups is 1. The van der Waals surface area contributed by atoms with Crippen molar-refractivity contribution < 1.29 is 19.4 Å². The lowest BCUT2D eigenvalue weighted by Crippen LogP contribution is -2.30. The molecule has 0 aliphatic carbocycles. The summed E-state index contributed by atoms with van der Waals surface area (Å²) in [6.45, 7) is 2.60. The van der Waals surface area contributed by atoms with Crippen LogP contribution in [0.25, 0.3) is 6.08 Å². The van der Waals surface area contributed by atoms with Gasteiger partial charge in [0.05, 0.1) is 15.1 Å². The Morgan fingerprint density at radius 2 is 1.96 bits per heavy atom. The van der Waals surface area contributed by atoms with Crippen LogP contribution >= 0.6 is 34.4 Å². The first-order valence-electron chi connectivity index (χ1n) is 8.44. The summed E-state index contributed by atoms with van der Waals surface area (Å²) >= 11 is 2.94. The highest BCUT2D eigenvalue weighted by molar-refractivity contribution is 14.1. The number of halogens is 1. The van der Waals surface area contributed by atoms with Crippen LogP contribution in [0.2, 0.25) is 0 Å². The first-order chi connectivity index (χ1) is 13.0. The molecule has 1 fully saturated rings. The smallest absolute Gasteiger partial charge is 0.293 e. The summed E-state index contributed by atoms with van der Waals surface area (Å²) in [5, 5.41) is 9.78. The van der Waals surface area contributed by atoms with Gasteiger partial charge in [0.15, 0.2) is 11.5 Å². The third kappa shape index (κ3) is 4.65. The fourth-order valence-electron chi connectivity index (χ4n) is 2.67. The Morgan fingerprint density at radius 1 is 1.22 bits per heavy atom. The van der Waals surface area contributed by atoms with Gasteiger partial charge in [-0.3, -0.25) is 14.5 Å². The number of hydrogen-bond donors (Lipinski definition) is 1. The van der Waals surface area contributed by atoms with Crippen LogP contribution in [0.4, 0.5) is 4.79 Å². The SMILES string of the molecule is CCOc1cc(/C=C2\SC(=O)N(CCc3ccccc3)C2=O)cc(I)c1O. The quantitative estimate of drug-likeness (QED) is 0.466. The first kappa shape index (κ1) is 19.8. The van der Waals surface area contributed by atoms with E-state index in [1.807, 2.05) is 59.8 Å². The highest BCUT2D eigenvalue weighted by atomic mass is 127. The van der Waals surface area contributed by atoms with Crippen LogP contribution in [-0.4, -0.2) is 34.3 Å². The van der Waals surface area contributed by atoms with Gasteiger partial charge in [-0.15, -0.1) is 0 Å². The Kier molecular flexibility index (Phi) is 6.43. The summed E-state index contributed by atoms with van der Waals surface area (Å²) in [5.41, 5.74) is 1.78. The number of ether oxygens (including phenoxy) is 1. The van der Waals surface area contributed by atoms with Gasteiger partial charge >= 0.3 is 0 Å². The maximum atomic E-state index is 12.6. The molecule has 0 radical (unpaired) electrons. The zero-order chi connectivity index (χ0) is 19.4. The summed E-state index contributed by atoms with van der Waals surface area (Å²) in [4.78, 5) is 26.5. The molecular formula is C20H18INO4S. The van der Waals surface area contributed by atoms with Gasteiger partial charge < -0.3 is 9.84 Å². The van der Waals surface area contributed by atoms with E-state index in [1.54, 1.807) is 18.2 Å². The Balaban J connectivity index is 1.78. The average molecular weight is 495 g/mol. The van der Waals surface area contributed by atoms with E-state index in [-0.39, 0.29) is 16.9 Å². The van der Waals surface area contributed by atoms with E-state index in [0.29, 0.717) is 39.4 Å². The van der Waals surface area contributed by atoms with Gasteiger partial charge in [0.25, 0.3) is 11.1 Å². The zero-order valence-corrected chi connectivity index (χ0v) is 17.6. The van der Waals surface area contributed by atoms with Crippen molar-refractivity contribution in [2.45, 2.75) is 13.3 Å². The second-order valence-electron chi connectivity index (χ2n) is 5.85. The normalized spacial score (nSPS) is 15.6. The molecule has 2 amide bonds. The Morgan fingerprint density at radius 3 is 2.67 bits per heavy atom. The lowest BCUT2D eigenvalue weighted by molar-refractivity contribution is -0.122. The van der Waals surface area contributed by atoms with Crippen molar-refractivity contribution in [3.05, 3.63) is 62.1 Å². The minimum absolute atomic E-state index is 0.0746. The molecule has 0 bridgehead atoms. The fourth-order valence-corrected chi connectivity index (χ4v) is 4.16. The predicted octanol–water partition coefficient (Wildman–Crippen LogP) is 4.67. The fraction of sp³-hybridized carbons (Fsp3) is 0.200. The van der Waals surface area contributed by atoms with Gasteiger partial charge in [0.2, 0.25) is 0 Å². The van der Waals surface area contributed by atoms with Crippen molar-refractivity contribution >= 4 is 51.6 Å². The van der Waals surface area contributed by atoms with Crippen molar-refractivity contribution in [3.8, 4) is 11.5 Å². The van der Waals surface area contributed by atoms with Crippen molar-refractivity contribution in [1.82, 2.24) is 4.90 Å². The molecule has 0 aromatic heterocycles. The molecule has 1 aliphatic rings. The molecule has 7 heteroatoms. The molecule has 1 aliphatic heterocycles. The van der Waals surface area contributed by atoms with Gasteiger partial charge in [-0.1, -0.05) is 30.3 Å². The van der Waals surface area contributed by atoms with E-state index >= 15 is 0 Å². The molecule has 0 saturated carbocycles. The molecule has 0 atom stereocenters. The lowest BCUT2D eigenvalue weighted by Gasteiger charge is -2.12. The Hall–Kier alpha value is -2.00. The van der Waals surface area contributed by atoms with E-state index in [1.165, 1.54) is 4.90 Å². The van der Waals surface area contributed by atoms with Crippen LogP contribution in [0.15, 0.2) is 47.4 Å². The van der Waals surface area contributed by atoms with Crippen molar-refractivity contribution in [2.24, 2.45) is 0 Å². The number of hydrogen-bond acceptors (Lipinski definition) is 5. The highest BCUT2D eigenvalue weighted by Gasteiger charge is 2.34. The zero-order valence-electron chi connectivity index (χ0n) is 14.6. The molecule has 1 saturated heterocycles. The van der Waals surface area contributed by atoms with Crippen LogP contribution in [0.3, 0.4) is 0 Å². The minimum Gasteiger partial charge on any atom is -0.504 e. The van der Waals surface area contributed by atoms with E-state index in [4.69, 9.17) is 4.74 Å². The third-order valence-corrected chi connectivity index (χ3v) is 5.72. The van der Waals surface area contributed by atoms with Gasteiger partial charge in [-0.25, -0.2) is 0 Å². The molecule has 0 spiro atoms. The monoisotopic (exact) mass is 495 g/mol. The first-order valence-corrected chi connectivity index (χ1v) is 10.3. The number of phenolic OH excluding ortho intramolecular Hbond substituents is 1. The summed E-state index contributed by atoms with van der Waals surface area (Å²) in [7, 11) is 0. The standard InChI is InChI=1S/C20H18INO4S/c1-2-26-16-11-14(10-15(21)18(16)23)12-17-19(24)22(20(25)27-17)9-8-13-6-4-3-5-7-13/h3-7,10-12,23H,2,8-9H2,1H3/b17-12-. The second kappa shape index (κ2) is 8.79. The topological polar surface area (TPSA) is 66.8 Å². The second-order valence-corrected chi connectivity index (χ2v) is 8.01. The molecule has 1 N–H and O–H groups in total. The third-order valence-electron chi connectivity index (χ3n) is 3.99. The summed E-state index contributed by atoms with van der Waals surface area (Å²) in [5.74, 6) is 0.145. The molecule has 1 heterocycles. The summed E-state index contributed by atoms with van der Waals surface area (Å²) < 4.78 is 6.04. The van der Waals surface area contributed by atoms with Crippen LogP contribution in [-0.2, 0) is 11.2 Å². The number of thioether (sulfide) groups is 1. The summed E-state index contributed by atoms with van der Waals surface area (Å²) in [6, 6.07) is 13.2. The van der Waals surface area contributed by atoms with E-state index in [9.17, 15) is 14.7 Å². The Labute approximate surface area is 175 Å². The molecule has 5 nitrogen and oxygen atoms in total. The molecule has 27 heavy (non-hydrogen) atoms. The van der Waals surface area contributed by atoms with Gasteiger partial charge in [0.1, 0.15) is 0 Å². The van der Waals surface area contributed by atoms with Gasteiger partial charge in [-0.2, -0.15) is 0 Å². The molecular weight excluding hydrogens is 477 g/mol. The number of amides is 2. The summed E-state index contributed by atoms with van der Waals surface area (Å²) in [6.07, 6.45) is 2.29. The number of nitrogens with zero attached hydrogens (tertiary/aromatic N) is 1. The number of carbonyl (C=O) groups is 2. The molecule has 2 aromatic rings. The number of phenols is 1. The average Bonchev–Trinajstić information content (AvgIpc) is 2.92. The molecule has 3 rings (SSSR count). The molecule has 140 valence electrons. The predicted molar refractivity (Wildman–Crippen MR) is 115 cm³/mol. The van der Waals surface area contributed by atoms with Crippen molar-refractivity contribution in [2.75, 3.05) is 13.2 Å². The number of carbonyl (C=O) groups excluding carboxylic acids is 2. The van der Waals surface area contributed by atoms with E-state index < -0.39 is 0 Å². The van der Waals surface area contributed by atoms with Crippen LogP contribution < -0.4 is 4.74 Å². The van der Waals surface area contributed by atoms with E-state index in [0.717, 1.165) is 17.3 Å². The van der Waals surface area contributed by atoms with Crippen LogP contribution in [0.5, 0.6) is 11.5 Å². The van der Waals surface area contributed by atoms with Crippen LogP contribution in [0, 0.1) is 3.57 Å². The molecule has 0 unspecified atom stereocenters. The maximum absolute atomic E-state index is 12.6. The van der Waals surface area contributed by atoms with Crippen LogP contribution in [0.1, 0.15) is 18.1 Å². The maximum Gasteiger partial charge on any atom is 0.293 e. The minimum atomic E-state index is -0.290. The number of aromatic hydroxyl groups is 1.